The average Bonchev–Trinajstić information content (AvgIpc) is 3.14. The van der Waals surface area contributed by atoms with Gasteiger partial charge in [0.15, 0.2) is 17.2 Å². The maximum absolute atomic E-state index is 14.3. The third-order valence-corrected chi connectivity index (χ3v) is 5.60. The van der Waals surface area contributed by atoms with Gasteiger partial charge in [-0.05, 0) is 37.6 Å². The summed E-state index contributed by atoms with van der Waals surface area (Å²) in [5.41, 5.74) is -1.21. The first-order valence-corrected chi connectivity index (χ1v) is 10.6. The third kappa shape index (κ3) is 5.30. The Morgan fingerprint density at radius 3 is 2.57 bits per heavy atom. The molecule has 1 aliphatic rings. The number of amides is 1. The number of carbonyl (C=O) groups is 1. The van der Waals surface area contributed by atoms with Crippen molar-refractivity contribution >= 4 is 17.4 Å². The quantitative estimate of drug-likeness (QED) is 0.484. The SMILES string of the molecule is COC1CN(c2ccn3ncc(C(=O)NC(c4ccc(OC(F)(F)F)c(F)c4)C(C)(C)O)c3n2)C1. The lowest BCUT2D eigenvalue weighted by Gasteiger charge is -2.38. The van der Waals surface area contributed by atoms with E-state index in [0.717, 1.165) is 18.2 Å². The Hall–Kier alpha value is -3.45. The molecule has 0 aliphatic carbocycles. The van der Waals surface area contributed by atoms with Crippen molar-refractivity contribution in [1.82, 2.24) is 19.9 Å². The Morgan fingerprint density at radius 2 is 1.97 bits per heavy atom. The van der Waals surface area contributed by atoms with Gasteiger partial charge in [0, 0.05) is 26.4 Å². The predicted octanol–water partition coefficient (Wildman–Crippen LogP) is 2.84. The number of carbonyl (C=O) groups excluding carboxylic acids is 1. The summed E-state index contributed by atoms with van der Waals surface area (Å²) in [5.74, 6) is -2.36. The second-order valence-electron chi connectivity index (χ2n) is 8.67. The Bertz CT molecular complexity index is 1230. The molecule has 1 aromatic carbocycles. The number of anilines is 1. The zero-order valence-corrected chi connectivity index (χ0v) is 19.0. The Balaban J connectivity index is 1.59. The summed E-state index contributed by atoms with van der Waals surface area (Å²) in [6, 6.07) is 3.26. The van der Waals surface area contributed by atoms with Crippen LogP contribution in [0.25, 0.3) is 5.65 Å². The zero-order valence-electron chi connectivity index (χ0n) is 19.0. The lowest BCUT2D eigenvalue weighted by atomic mass is 9.91. The molecule has 9 nitrogen and oxygen atoms in total. The highest BCUT2D eigenvalue weighted by molar-refractivity contribution is 6.00. The highest BCUT2D eigenvalue weighted by atomic mass is 19.4. The number of nitrogens with one attached hydrogen (secondary N) is 1. The molecule has 13 heteroatoms. The molecule has 1 unspecified atom stereocenters. The van der Waals surface area contributed by atoms with Crippen molar-refractivity contribution in [3.05, 3.63) is 53.6 Å². The number of halogens is 4. The largest absolute Gasteiger partial charge is 0.573 e. The van der Waals surface area contributed by atoms with E-state index in [1.807, 2.05) is 4.90 Å². The van der Waals surface area contributed by atoms with Crippen LogP contribution in [-0.2, 0) is 4.74 Å². The van der Waals surface area contributed by atoms with Gasteiger partial charge in [-0.15, -0.1) is 13.2 Å². The molecule has 188 valence electrons. The number of alkyl halides is 3. The van der Waals surface area contributed by atoms with E-state index in [0.29, 0.717) is 18.9 Å². The third-order valence-electron chi connectivity index (χ3n) is 5.60. The average molecular weight is 497 g/mol. The molecular formula is C22H23F4N5O4. The minimum atomic E-state index is -5.07. The number of benzene rings is 1. The van der Waals surface area contributed by atoms with E-state index in [-0.39, 0.29) is 22.9 Å². The van der Waals surface area contributed by atoms with Crippen LogP contribution in [0, 0.1) is 5.82 Å². The van der Waals surface area contributed by atoms with E-state index in [9.17, 15) is 27.5 Å². The van der Waals surface area contributed by atoms with Gasteiger partial charge >= 0.3 is 6.36 Å². The van der Waals surface area contributed by atoms with E-state index in [2.05, 4.69) is 20.1 Å². The number of nitrogens with zero attached hydrogens (tertiary/aromatic N) is 4. The van der Waals surface area contributed by atoms with Crippen molar-refractivity contribution in [2.24, 2.45) is 0 Å². The van der Waals surface area contributed by atoms with Gasteiger partial charge in [0.05, 0.1) is 23.9 Å². The monoisotopic (exact) mass is 497 g/mol. The molecular weight excluding hydrogens is 474 g/mol. The van der Waals surface area contributed by atoms with E-state index in [4.69, 9.17) is 4.74 Å². The number of hydrogen-bond acceptors (Lipinski definition) is 7. The summed E-state index contributed by atoms with van der Waals surface area (Å²) >= 11 is 0. The highest BCUT2D eigenvalue weighted by Crippen LogP contribution is 2.32. The van der Waals surface area contributed by atoms with Gasteiger partial charge in [0.2, 0.25) is 0 Å². The summed E-state index contributed by atoms with van der Waals surface area (Å²) < 4.78 is 62.0. The van der Waals surface area contributed by atoms with E-state index in [1.54, 1.807) is 19.4 Å². The van der Waals surface area contributed by atoms with Crippen LogP contribution in [0.15, 0.2) is 36.7 Å². The fraction of sp³-hybridized carbons (Fsp3) is 0.409. The molecule has 1 amide bonds. The number of fused-ring (bicyclic) bond motifs is 1. The van der Waals surface area contributed by atoms with Crippen LogP contribution in [0.3, 0.4) is 0 Å². The van der Waals surface area contributed by atoms with Crippen molar-refractivity contribution < 1.29 is 36.9 Å². The molecule has 2 N–H and O–H groups in total. The van der Waals surface area contributed by atoms with Crippen LogP contribution in [0.5, 0.6) is 5.75 Å². The summed E-state index contributed by atoms with van der Waals surface area (Å²) in [5, 5.41) is 17.4. The highest BCUT2D eigenvalue weighted by Gasteiger charge is 2.35. The van der Waals surface area contributed by atoms with Gasteiger partial charge in [-0.25, -0.2) is 13.9 Å². The minimum absolute atomic E-state index is 0.0363. The number of ether oxygens (including phenoxy) is 2. The van der Waals surface area contributed by atoms with Gasteiger partial charge in [-0.3, -0.25) is 4.79 Å². The molecule has 4 rings (SSSR count). The van der Waals surface area contributed by atoms with E-state index >= 15 is 0 Å². The molecule has 2 aromatic heterocycles. The van der Waals surface area contributed by atoms with Crippen molar-refractivity contribution in [1.29, 1.82) is 0 Å². The lowest BCUT2D eigenvalue weighted by molar-refractivity contribution is -0.275. The maximum atomic E-state index is 14.3. The van der Waals surface area contributed by atoms with Gasteiger partial charge in [0.25, 0.3) is 5.91 Å². The fourth-order valence-corrected chi connectivity index (χ4v) is 3.75. The number of hydrogen-bond donors (Lipinski definition) is 2. The Kier molecular flexibility index (Phi) is 6.32. The number of rotatable bonds is 7. The van der Waals surface area contributed by atoms with Gasteiger partial charge in [0.1, 0.15) is 11.4 Å². The Labute approximate surface area is 197 Å². The molecule has 0 saturated carbocycles. The molecule has 1 saturated heterocycles. The van der Waals surface area contributed by atoms with Crippen LogP contribution >= 0.6 is 0 Å². The van der Waals surface area contributed by atoms with Crippen molar-refractivity contribution in [2.75, 3.05) is 25.1 Å². The van der Waals surface area contributed by atoms with Crippen LogP contribution < -0.4 is 15.0 Å². The van der Waals surface area contributed by atoms with Crippen LogP contribution in [-0.4, -0.2) is 63.9 Å². The summed E-state index contributed by atoms with van der Waals surface area (Å²) in [4.78, 5) is 19.6. The summed E-state index contributed by atoms with van der Waals surface area (Å²) in [7, 11) is 1.62. The second kappa shape index (κ2) is 8.96. The Morgan fingerprint density at radius 1 is 1.26 bits per heavy atom. The molecule has 1 fully saturated rings. The first-order chi connectivity index (χ1) is 16.4. The zero-order chi connectivity index (χ0) is 25.5. The molecule has 3 heterocycles. The molecule has 0 radical (unpaired) electrons. The molecule has 1 aliphatic heterocycles. The second-order valence-corrected chi connectivity index (χ2v) is 8.67. The van der Waals surface area contributed by atoms with Crippen molar-refractivity contribution in [3.8, 4) is 5.75 Å². The van der Waals surface area contributed by atoms with Crippen molar-refractivity contribution in [3.63, 3.8) is 0 Å². The van der Waals surface area contributed by atoms with Crippen LogP contribution in [0.2, 0.25) is 0 Å². The van der Waals surface area contributed by atoms with Gasteiger partial charge < -0.3 is 24.8 Å². The van der Waals surface area contributed by atoms with Crippen LogP contribution in [0.1, 0.15) is 35.8 Å². The topological polar surface area (TPSA) is 101 Å². The van der Waals surface area contributed by atoms with E-state index < -0.39 is 35.5 Å². The van der Waals surface area contributed by atoms with Gasteiger partial charge in [-0.1, -0.05) is 6.07 Å². The first-order valence-electron chi connectivity index (χ1n) is 10.6. The molecule has 35 heavy (non-hydrogen) atoms. The number of aromatic nitrogens is 3. The van der Waals surface area contributed by atoms with Crippen molar-refractivity contribution in [2.45, 2.75) is 38.0 Å². The lowest BCUT2D eigenvalue weighted by Crippen LogP contribution is -2.52. The number of methoxy groups -OCH3 is 1. The fourth-order valence-electron chi connectivity index (χ4n) is 3.75. The predicted molar refractivity (Wildman–Crippen MR) is 116 cm³/mol. The normalized spacial score (nSPS) is 15.7. The molecule has 3 aromatic rings. The minimum Gasteiger partial charge on any atom is -0.403 e. The smallest absolute Gasteiger partial charge is 0.403 e. The molecule has 1 atom stereocenters. The number of aliphatic hydroxyl groups is 1. The summed E-state index contributed by atoms with van der Waals surface area (Å²) in [6.45, 7) is 4.04. The summed E-state index contributed by atoms with van der Waals surface area (Å²) in [6.07, 6.45) is -2.02. The maximum Gasteiger partial charge on any atom is 0.573 e. The molecule has 0 bridgehead atoms. The first kappa shape index (κ1) is 24.7. The standard InChI is InChI=1S/C22H23F4N5O4/c1-21(2,33)18(12-4-5-16(15(23)8-12)35-22(24,25)26)29-20(32)14-9-27-31-7-6-17(28-19(14)31)30-10-13(11-30)34-3/h4-9,13,18,33H,10-11H2,1-3H3,(H,29,32). The van der Waals surface area contributed by atoms with Gasteiger partial charge in [-0.2, -0.15) is 5.10 Å². The van der Waals surface area contributed by atoms with Crippen LogP contribution in [0.4, 0.5) is 23.4 Å². The van der Waals surface area contributed by atoms with E-state index in [1.165, 1.54) is 24.6 Å². The molecule has 0 spiro atoms.